The van der Waals surface area contributed by atoms with E-state index in [2.05, 4.69) is 6.92 Å². The van der Waals surface area contributed by atoms with E-state index in [1.807, 2.05) is 13.3 Å². The number of hydrogen-bond acceptors (Lipinski definition) is 1. The van der Waals surface area contributed by atoms with Crippen molar-refractivity contribution in [2.24, 2.45) is 0 Å². The minimum Gasteiger partial charge on any atom is -0.335 e. The summed E-state index contributed by atoms with van der Waals surface area (Å²) < 4.78 is 0. The molecule has 1 radical (unpaired) electrons. The minimum absolute atomic E-state index is 0.781. The molecule has 0 saturated carbocycles. The molecule has 0 N–H and O–H groups in total. The summed E-state index contributed by atoms with van der Waals surface area (Å²) in [6.45, 7) is 5.71. The lowest BCUT2D eigenvalue weighted by Gasteiger charge is -2.11. The van der Waals surface area contributed by atoms with Crippen LogP contribution in [0.15, 0.2) is 0 Å². The molecule has 0 spiro atoms. The first kappa shape index (κ1) is 8.47. The van der Waals surface area contributed by atoms with Gasteiger partial charge in [-0.15, -0.1) is 0 Å². The number of hydrogen-bond donors (Lipinski definition) is 0. The average molecular weight is 128 g/mol. The third-order valence-corrected chi connectivity index (χ3v) is 1.29. The summed E-state index contributed by atoms with van der Waals surface area (Å²) in [7, 11) is 0. The second kappa shape index (κ2) is 5.60. The summed E-state index contributed by atoms with van der Waals surface area (Å²) >= 11 is 0. The SMILES string of the molecule is CCCCN([C]=O)CC. The molecule has 0 heterocycles. The van der Waals surface area contributed by atoms with Gasteiger partial charge >= 0.3 is 6.41 Å². The Labute approximate surface area is 56.9 Å². The molecule has 0 aromatic heterocycles. The standard InChI is InChI=1S/C7H14NO/c1-3-5-6-8(4-2)7-9/h3-6H2,1-2H3. The van der Waals surface area contributed by atoms with E-state index in [-0.39, 0.29) is 0 Å². The molecule has 0 bridgehead atoms. The van der Waals surface area contributed by atoms with Gasteiger partial charge < -0.3 is 4.90 Å². The van der Waals surface area contributed by atoms with Crippen LogP contribution in [0.25, 0.3) is 0 Å². The van der Waals surface area contributed by atoms with E-state index in [1.165, 1.54) is 0 Å². The summed E-state index contributed by atoms with van der Waals surface area (Å²) in [5, 5.41) is 0. The Kier molecular flexibility index (Phi) is 5.27. The maximum Gasteiger partial charge on any atom is 0.312 e. The predicted octanol–water partition coefficient (Wildman–Crippen LogP) is 1.18. The summed E-state index contributed by atoms with van der Waals surface area (Å²) in [6.07, 6.45) is 4.09. The van der Waals surface area contributed by atoms with Crippen LogP contribution in [0.3, 0.4) is 0 Å². The fraction of sp³-hybridized carbons (Fsp3) is 0.857. The van der Waals surface area contributed by atoms with Gasteiger partial charge in [0, 0.05) is 13.1 Å². The van der Waals surface area contributed by atoms with E-state index in [0.29, 0.717) is 0 Å². The van der Waals surface area contributed by atoms with Gasteiger partial charge in [-0.05, 0) is 13.3 Å². The van der Waals surface area contributed by atoms with Crippen molar-refractivity contribution in [3.8, 4) is 0 Å². The molecular formula is C7H14NO. The third kappa shape index (κ3) is 4.01. The van der Waals surface area contributed by atoms with Gasteiger partial charge in [0.15, 0.2) is 0 Å². The number of carbonyl (C=O) groups excluding carboxylic acids is 1. The minimum atomic E-state index is 0.781. The molecule has 0 aliphatic heterocycles. The molecule has 2 nitrogen and oxygen atoms in total. The number of nitrogens with zero attached hydrogens (tertiary/aromatic N) is 1. The molecule has 2 heteroatoms. The lowest BCUT2D eigenvalue weighted by molar-refractivity contribution is 0.387. The van der Waals surface area contributed by atoms with Crippen molar-refractivity contribution in [1.29, 1.82) is 0 Å². The first-order valence-electron chi connectivity index (χ1n) is 3.47. The maximum absolute atomic E-state index is 10.0. The molecule has 0 unspecified atom stereocenters. The molecule has 0 atom stereocenters. The van der Waals surface area contributed by atoms with Gasteiger partial charge in [-0.3, -0.25) is 4.79 Å². The van der Waals surface area contributed by atoms with Crippen molar-refractivity contribution in [2.75, 3.05) is 13.1 Å². The highest BCUT2D eigenvalue weighted by Gasteiger charge is 1.95. The van der Waals surface area contributed by atoms with Gasteiger partial charge in [-0.2, -0.15) is 0 Å². The zero-order valence-electron chi connectivity index (χ0n) is 6.18. The highest BCUT2D eigenvalue weighted by atomic mass is 16.1. The van der Waals surface area contributed by atoms with Crippen LogP contribution < -0.4 is 0 Å². The fourth-order valence-electron chi connectivity index (χ4n) is 0.617. The number of amides is 1. The van der Waals surface area contributed by atoms with Gasteiger partial charge in [0.25, 0.3) is 0 Å². The maximum atomic E-state index is 10.0. The normalized spacial score (nSPS) is 9.11. The Morgan fingerprint density at radius 1 is 1.44 bits per heavy atom. The first-order chi connectivity index (χ1) is 4.35. The van der Waals surface area contributed by atoms with Crippen LogP contribution in [0.5, 0.6) is 0 Å². The second-order valence-electron chi connectivity index (χ2n) is 2.02. The monoisotopic (exact) mass is 128 g/mol. The Bertz CT molecular complexity index is 73.3. The van der Waals surface area contributed by atoms with E-state index >= 15 is 0 Å². The molecular weight excluding hydrogens is 114 g/mol. The van der Waals surface area contributed by atoms with Crippen LogP contribution in [0.2, 0.25) is 0 Å². The first-order valence-corrected chi connectivity index (χ1v) is 3.47. The molecule has 0 aromatic carbocycles. The molecule has 0 aromatic rings. The quantitative estimate of drug-likeness (QED) is 0.509. The highest BCUT2D eigenvalue weighted by Crippen LogP contribution is 1.89. The zero-order chi connectivity index (χ0) is 7.11. The summed E-state index contributed by atoms with van der Waals surface area (Å²) in [5.74, 6) is 0. The summed E-state index contributed by atoms with van der Waals surface area (Å²) in [4.78, 5) is 11.7. The van der Waals surface area contributed by atoms with Crippen molar-refractivity contribution in [3.05, 3.63) is 0 Å². The van der Waals surface area contributed by atoms with Crippen LogP contribution in [0.1, 0.15) is 26.7 Å². The third-order valence-electron chi connectivity index (χ3n) is 1.29. The Morgan fingerprint density at radius 2 is 2.11 bits per heavy atom. The smallest absolute Gasteiger partial charge is 0.312 e. The predicted molar refractivity (Wildman–Crippen MR) is 37.8 cm³/mol. The van der Waals surface area contributed by atoms with Crippen LogP contribution in [0.4, 0.5) is 0 Å². The summed E-state index contributed by atoms with van der Waals surface area (Å²) in [5.41, 5.74) is 0. The molecule has 1 amide bonds. The van der Waals surface area contributed by atoms with Crippen molar-refractivity contribution in [1.82, 2.24) is 4.90 Å². The van der Waals surface area contributed by atoms with Gasteiger partial charge in [-0.1, -0.05) is 13.3 Å². The summed E-state index contributed by atoms with van der Waals surface area (Å²) in [6, 6.07) is 0. The highest BCUT2D eigenvalue weighted by molar-refractivity contribution is 5.47. The van der Waals surface area contributed by atoms with Crippen LogP contribution in [-0.2, 0) is 4.79 Å². The molecule has 9 heavy (non-hydrogen) atoms. The molecule has 0 saturated heterocycles. The number of unbranched alkanes of at least 4 members (excludes halogenated alkanes) is 1. The van der Waals surface area contributed by atoms with Gasteiger partial charge in [0.05, 0.1) is 0 Å². The molecule has 0 rings (SSSR count). The van der Waals surface area contributed by atoms with Crippen LogP contribution >= 0.6 is 0 Å². The fourth-order valence-corrected chi connectivity index (χ4v) is 0.617. The second-order valence-corrected chi connectivity index (χ2v) is 2.02. The average Bonchev–Trinajstić information content (AvgIpc) is 1.91. The molecule has 0 fully saturated rings. The van der Waals surface area contributed by atoms with Crippen molar-refractivity contribution in [3.63, 3.8) is 0 Å². The molecule has 0 aliphatic carbocycles. The van der Waals surface area contributed by atoms with Gasteiger partial charge in [-0.25, -0.2) is 0 Å². The molecule has 53 valence electrons. The lowest BCUT2D eigenvalue weighted by atomic mass is 10.3. The topological polar surface area (TPSA) is 20.3 Å². The van der Waals surface area contributed by atoms with Gasteiger partial charge in [0.1, 0.15) is 0 Å². The number of rotatable bonds is 5. The van der Waals surface area contributed by atoms with Gasteiger partial charge in [0.2, 0.25) is 0 Å². The zero-order valence-corrected chi connectivity index (χ0v) is 6.18. The van der Waals surface area contributed by atoms with Crippen molar-refractivity contribution < 1.29 is 4.79 Å². The lowest BCUT2D eigenvalue weighted by Crippen LogP contribution is -2.22. The Morgan fingerprint density at radius 3 is 2.44 bits per heavy atom. The van der Waals surface area contributed by atoms with Crippen LogP contribution in [-0.4, -0.2) is 24.4 Å². The Balaban J connectivity index is 3.20. The van der Waals surface area contributed by atoms with Crippen molar-refractivity contribution >= 4 is 6.41 Å². The van der Waals surface area contributed by atoms with Crippen LogP contribution in [0, 0.1) is 0 Å². The Hall–Kier alpha value is -0.530. The van der Waals surface area contributed by atoms with Crippen molar-refractivity contribution in [2.45, 2.75) is 26.7 Å². The molecule has 0 aliphatic rings. The largest absolute Gasteiger partial charge is 0.335 e. The van der Waals surface area contributed by atoms with E-state index in [9.17, 15) is 4.79 Å². The van der Waals surface area contributed by atoms with E-state index in [1.54, 1.807) is 4.90 Å². The van der Waals surface area contributed by atoms with E-state index < -0.39 is 0 Å². The van der Waals surface area contributed by atoms with E-state index in [4.69, 9.17) is 0 Å². The van der Waals surface area contributed by atoms with E-state index in [0.717, 1.165) is 25.9 Å².